The fourth-order valence-corrected chi connectivity index (χ4v) is 7.48. The summed E-state index contributed by atoms with van der Waals surface area (Å²) in [5.74, 6) is -1.42. The largest absolute Gasteiger partial charge is 0.243 e. The molecule has 0 fully saturated rings. The van der Waals surface area contributed by atoms with Gasteiger partial charge >= 0.3 is 0 Å². The molecule has 0 spiro atoms. The van der Waals surface area contributed by atoms with Gasteiger partial charge < -0.3 is 0 Å². The summed E-state index contributed by atoms with van der Waals surface area (Å²) in [5.41, 5.74) is 1.96. The van der Waals surface area contributed by atoms with Crippen LogP contribution in [0.4, 0.5) is 8.78 Å². The molecule has 1 aliphatic rings. The molecular formula is C30H28F2N2O4S2. The van der Waals surface area contributed by atoms with Crippen molar-refractivity contribution in [3.8, 4) is 0 Å². The molecule has 208 valence electrons. The van der Waals surface area contributed by atoms with Crippen LogP contribution >= 0.6 is 0 Å². The minimum absolute atomic E-state index is 0.00804. The van der Waals surface area contributed by atoms with Crippen molar-refractivity contribution in [2.45, 2.75) is 49.8 Å². The number of sulfonamides is 2. The van der Waals surface area contributed by atoms with Gasteiger partial charge in [-0.1, -0.05) is 71.8 Å². The van der Waals surface area contributed by atoms with Crippen LogP contribution in [0.5, 0.6) is 0 Å². The summed E-state index contributed by atoms with van der Waals surface area (Å²) in [6, 6.07) is 21.4. The number of aryl methyl sites for hydroxylation is 2. The molecule has 5 rings (SSSR count). The molecule has 0 aromatic heterocycles. The van der Waals surface area contributed by atoms with E-state index < -0.39 is 31.7 Å². The second kappa shape index (κ2) is 10.9. The topological polar surface area (TPSA) is 74.8 Å². The summed E-state index contributed by atoms with van der Waals surface area (Å²) in [4.78, 5) is 0.0161. The Morgan fingerprint density at radius 3 is 1.05 bits per heavy atom. The number of hydrogen-bond acceptors (Lipinski definition) is 4. The number of benzene rings is 4. The van der Waals surface area contributed by atoms with Crippen molar-refractivity contribution >= 4 is 20.0 Å². The number of nitrogens with zero attached hydrogens (tertiary/aromatic N) is 2. The monoisotopic (exact) mass is 582 g/mol. The molecule has 4 aromatic carbocycles. The summed E-state index contributed by atoms with van der Waals surface area (Å²) in [6.07, 6.45) is 0. The fraction of sp³-hybridized carbons (Fsp3) is 0.200. The zero-order chi connectivity index (χ0) is 28.7. The van der Waals surface area contributed by atoms with E-state index in [1.54, 1.807) is 36.4 Å². The van der Waals surface area contributed by atoms with Gasteiger partial charge in [-0.05, 0) is 38.1 Å². The van der Waals surface area contributed by atoms with Crippen molar-refractivity contribution in [1.29, 1.82) is 0 Å². The molecule has 1 heterocycles. The third kappa shape index (κ3) is 5.44. The van der Waals surface area contributed by atoms with Crippen molar-refractivity contribution < 1.29 is 25.6 Å². The first-order valence-corrected chi connectivity index (χ1v) is 15.5. The highest BCUT2D eigenvalue weighted by Gasteiger charge is 2.31. The lowest BCUT2D eigenvalue weighted by molar-refractivity contribution is 0.365. The molecule has 4 aromatic rings. The van der Waals surface area contributed by atoms with Crippen LogP contribution < -0.4 is 0 Å². The van der Waals surface area contributed by atoms with Crippen LogP contribution in [0.2, 0.25) is 0 Å². The SMILES string of the molecule is Cc1ccc(S(=O)(=O)N2Cc3cccc(c3F)CN(S(=O)(=O)c3ccc(C)cc3)Cc3cccc(c3F)C2)cc1. The second-order valence-corrected chi connectivity index (χ2v) is 13.8. The van der Waals surface area contributed by atoms with Crippen LogP contribution in [0.15, 0.2) is 94.7 Å². The maximum absolute atomic E-state index is 15.9. The Morgan fingerprint density at radius 2 is 0.775 bits per heavy atom. The van der Waals surface area contributed by atoms with Gasteiger partial charge in [0, 0.05) is 48.4 Å². The summed E-state index contributed by atoms with van der Waals surface area (Å²) >= 11 is 0. The maximum atomic E-state index is 15.9. The Labute approximate surface area is 233 Å². The molecule has 0 saturated carbocycles. The van der Waals surface area contributed by atoms with Crippen LogP contribution in [-0.2, 0) is 46.2 Å². The number of hydrogen-bond donors (Lipinski definition) is 0. The molecule has 0 amide bonds. The molecule has 0 aliphatic carbocycles. The zero-order valence-electron chi connectivity index (χ0n) is 22.0. The smallest absolute Gasteiger partial charge is 0.207 e. The van der Waals surface area contributed by atoms with Gasteiger partial charge in [0.2, 0.25) is 20.0 Å². The molecule has 0 atom stereocenters. The van der Waals surface area contributed by atoms with Gasteiger partial charge in [-0.2, -0.15) is 8.61 Å². The molecular weight excluding hydrogens is 554 g/mol. The molecule has 4 bridgehead atoms. The quantitative estimate of drug-likeness (QED) is 0.311. The van der Waals surface area contributed by atoms with Gasteiger partial charge in [-0.25, -0.2) is 25.6 Å². The molecule has 0 saturated heterocycles. The van der Waals surface area contributed by atoms with Crippen molar-refractivity contribution in [2.24, 2.45) is 0 Å². The van der Waals surface area contributed by atoms with Crippen molar-refractivity contribution in [2.75, 3.05) is 0 Å². The zero-order valence-corrected chi connectivity index (χ0v) is 23.6. The number of halogens is 2. The summed E-state index contributed by atoms with van der Waals surface area (Å²) in [6.45, 7) is 2.18. The van der Waals surface area contributed by atoms with Crippen LogP contribution in [0, 0.1) is 25.5 Å². The normalized spacial score (nSPS) is 15.3. The van der Waals surface area contributed by atoms with E-state index in [2.05, 4.69) is 0 Å². The van der Waals surface area contributed by atoms with Gasteiger partial charge in [0.1, 0.15) is 11.6 Å². The first-order valence-electron chi connectivity index (χ1n) is 12.6. The minimum Gasteiger partial charge on any atom is -0.207 e. The standard InChI is InChI=1S/C30H28F2N2O4S2/c1-21-9-13-27(14-10-21)39(35,36)33-17-23-5-3-7-25(29(23)31)19-34(20-26-8-4-6-24(18-33)30(26)32)40(37,38)28-15-11-22(2)12-16-28/h3-16H,17-20H2,1-2H3. The molecule has 0 radical (unpaired) electrons. The average molecular weight is 583 g/mol. The molecule has 40 heavy (non-hydrogen) atoms. The minimum atomic E-state index is -4.14. The van der Waals surface area contributed by atoms with Crippen molar-refractivity contribution in [3.05, 3.63) is 130 Å². The highest BCUT2D eigenvalue weighted by molar-refractivity contribution is 7.89. The molecule has 0 N–H and O–H groups in total. The Bertz CT molecular complexity index is 1590. The van der Waals surface area contributed by atoms with Gasteiger partial charge in [0.15, 0.2) is 0 Å². The van der Waals surface area contributed by atoms with Crippen LogP contribution in [0.25, 0.3) is 0 Å². The first-order chi connectivity index (χ1) is 19.0. The van der Waals surface area contributed by atoms with E-state index in [1.165, 1.54) is 48.5 Å². The maximum Gasteiger partial charge on any atom is 0.243 e. The Morgan fingerprint density at radius 1 is 0.500 bits per heavy atom. The molecule has 6 nitrogen and oxygen atoms in total. The Kier molecular flexibility index (Phi) is 7.62. The van der Waals surface area contributed by atoms with Crippen LogP contribution in [-0.4, -0.2) is 25.4 Å². The van der Waals surface area contributed by atoms with Gasteiger partial charge in [0.25, 0.3) is 0 Å². The van der Waals surface area contributed by atoms with E-state index in [1.807, 2.05) is 13.8 Å². The Hall–Kier alpha value is -3.44. The third-order valence-corrected chi connectivity index (χ3v) is 10.6. The predicted molar refractivity (Wildman–Crippen MR) is 148 cm³/mol. The second-order valence-electron chi connectivity index (χ2n) is 9.95. The van der Waals surface area contributed by atoms with Gasteiger partial charge in [-0.15, -0.1) is 0 Å². The summed E-state index contributed by atoms with van der Waals surface area (Å²) < 4.78 is 88.6. The third-order valence-electron chi connectivity index (χ3n) is 7.02. The molecule has 10 heteroatoms. The van der Waals surface area contributed by atoms with E-state index >= 15 is 8.78 Å². The lowest BCUT2D eigenvalue weighted by Gasteiger charge is -2.27. The fourth-order valence-electron chi connectivity index (χ4n) is 4.68. The molecule has 0 unspecified atom stereocenters. The summed E-state index contributed by atoms with van der Waals surface area (Å²) in [5, 5.41) is 0. The van der Waals surface area contributed by atoms with E-state index in [0.717, 1.165) is 19.7 Å². The summed E-state index contributed by atoms with van der Waals surface area (Å²) in [7, 11) is -8.28. The van der Waals surface area contributed by atoms with Gasteiger partial charge in [0.05, 0.1) is 9.79 Å². The average Bonchev–Trinajstić information content (AvgIpc) is 2.91. The van der Waals surface area contributed by atoms with Crippen molar-refractivity contribution in [1.82, 2.24) is 8.61 Å². The predicted octanol–water partition coefficient (Wildman–Crippen LogP) is 5.68. The lowest BCUT2D eigenvalue weighted by Crippen LogP contribution is -2.33. The van der Waals surface area contributed by atoms with E-state index in [9.17, 15) is 16.8 Å². The highest BCUT2D eigenvalue weighted by atomic mass is 32.2. The van der Waals surface area contributed by atoms with Crippen molar-refractivity contribution in [3.63, 3.8) is 0 Å². The lowest BCUT2D eigenvalue weighted by atomic mass is 10.1. The van der Waals surface area contributed by atoms with E-state index in [-0.39, 0.29) is 58.2 Å². The Balaban J connectivity index is 1.64. The highest BCUT2D eigenvalue weighted by Crippen LogP contribution is 2.29. The number of rotatable bonds is 4. The molecule has 1 aliphatic heterocycles. The van der Waals surface area contributed by atoms with E-state index in [0.29, 0.717) is 0 Å². The van der Waals surface area contributed by atoms with Crippen LogP contribution in [0.1, 0.15) is 33.4 Å². The van der Waals surface area contributed by atoms with Gasteiger partial charge in [-0.3, -0.25) is 0 Å². The first kappa shape index (κ1) is 28.1. The number of fused-ring (bicyclic) bond motifs is 4. The van der Waals surface area contributed by atoms with Crippen LogP contribution in [0.3, 0.4) is 0 Å². The van der Waals surface area contributed by atoms with E-state index in [4.69, 9.17) is 0 Å².